The summed E-state index contributed by atoms with van der Waals surface area (Å²) in [7, 11) is 0. The first-order chi connectivity index (χ1) is 19.9. The average molecular weight is 600 g/mol. The number of nitrogens with one attached hydrogen (secondary N) is 3. The van der Waals surface area contributed by atoms with Crippen LogP contribution < -0.4 is 16.2 Å². The Bertz CT molecular complexity index is 1950. The summed E-state index contributed by atoms with van der Waals surface area (Å²) >= 11 is 6.42. The third-order valence-corrected chi connectivity index (χ3v) is 7.49. The van der Waals surface area contributed by atoms with E-state index in [1.165, 1.54) is 35.1 Å². The number of halogens is 6. The molecule has 1 aliphatic heterocycles. The number of amides is 1. The van der Waals surface area contributed by atoms with Crippen LogP contribution in [-0.4, -0.2) is 20.5 Å². The van der Waals surface area contributed by atoms with Gasteiger partial charge in [0.15, 0.2) is 5.65 Å². The molecule has 0 radical (unpaired) electrons. The number of alkyl halides is 3. The van der Waals surface area contributed by atoms with E-state index < -0.39 is 46.4 Å². The Hall–Kier alpha value is -4.55. The summed E-state index contributed by atoms with van der Waals surface area (Å²) in [5.74, 6) is -2.82. The Balaban J connectivity index is 1.53. The van der Waals surface area contributed by atoms with E-state index in [0.717, 1.165) is 0 Å². The summed E-state index contributed by atoms with van der Waals surface area (Å²) in [5, 5.41) is 8.86. The summed E-state index contributed by atoms with van der Waals surface area (Å²) in [6.07, 6.45) is -3.53. The van der Waals surface area contributed by atoms with Crippen LogP contribution in [0.3, 0.4) is 0 Å². The van der Waals surface area contributed by atoms with Crippen molar-refractivity contribution in [1.82, 2.24) is 19.9 Å². The first kappa shape index (κ1) is 27.6. The molecule has 2 unspecified atom stereocenters. The fraction of sp³-hybridized carbons (Fsp3) is 0.138. The topological polar surface area (TPSA) is 91.3 Å². The van der Waals surface area contributed by atoms with Gasteiger partial charge in [-0.15, -0.1) is 0 Å². The van der Waals surface area contributed by atoms with Gasteiger partial charge in [-0.1, -0.05) is 11.6 Å². The number of fused-ring (bicyclic) bond motifs is 2. The minimum atomic E-state index is -4.88. The van der Waals surface area contributed by atoms with Gasteiger partial charge in [-0.25, -0.2) is 13.8 Å². The van der Waals surface area contributed by atoms with Crippen LogP contribution in [0.25, 0.3) is 16.8 Å². The Kier molecular flexibility index (Phi) is 6.62. The monoisotopic (exact) mass is 599 g/mol. The molecule has 7 nitrogen and oxygen atoms in total. The van der Waals surface area contributed by atoms with Crippen LogP contribution in [0.1, 0.15) is 51.6 Å². The van der Waals surface area contributed by atoms with Gasteiger partial charge in [0.2, 0.25) is 0 Å². The van der Waals surface area contributed by atoms with E-state index in [0.29, 0.717) is 46.1 Å². The molecule has 3 aromatic carbocycles. The Labute approximate surface area is 239 Å². The van der Waals surface area contributed by atoms with E-state index in [2.05, 4.69) is 20.7 Å². The Morgan fingerprint density at radius 1 is 1.00 bits per heavy atom. The number of aromatic nitrogens is 3. The first-order valence-corrected chi connectivity index (χ1v) is 12.9. The molecule has 2 atom stereocenters. The highest BCUT2D eigenvalue weighted by Gasteiger charge is 2.35. The largest absolute Gasteiger partial charge is 0.416 e. The van der Waals surface area contributed by atoms with Gasteiger partial charge in [0.1, 0.15) is 18.0 Å². The molecule has 6 rings (SSSR count). The Morgan fingerprint density at radius 3 is 2.55 bits per heavy atom. The van der Waals surface area contributed by atoms with E-state index >= 15 is 0 Å². The molecule has 1 aliphatic rings. The Morgan fingerprint density at radius 2 is 1.79 bits per heavy atom. The molecule has 2 aromatic heterocycles. The van der Waals surface area contributed by atoms with E-state index in [1.807, 2.05) is 6.92 Å². The lowest BCUT2D eigenvalue weighted by molar-refractivity contribution is -0.137. The average Bonchev–Trinajstić information content (AvgIpc) is 3.55. The van der Waals surface area contributed by atoms with Crippen molar-refractivity contribution in [3.63, 3.8) is 0 Å². The second-order valence-electron chi connectivity index (χ2n) is 9.83. The van der Waals surface area contributed by atoms with Crippen molar-refractivity contribution < 1.29 is 26.7 Å². The molecule has 1 amide bonds. The van der Waals surface area contributed by atoms with Crippen LogP contribution in [0.15, 0.2) is 71.8 Å². The standard InChI is InChI=1S/C29H19ClF5N5O2/c1-13-20-8-14(19-3-5-24-36-12-37-40(24)28(19)42)9-23(25(20)26(38-13)21-11-17(31)2-4-22(21)30)39-27(41)15-6-16(29(33,34)35)10-18(32)7-15/h2-13,26,38H,1H3,(H,36,37)(H,39,41). The fourth-order valence-corrected chi connectivity index (χ4v) is 5.45. The minimum Gasteiger partial charge on any atom is -0.322 e. The zero-order valence-electron chi connectivity index (χ0n) is 21.5. The molecular weight excluding hydrogens is 581 g/mol. The number of benzene rings is 3. The molecule has 214 valence electrons. The number of hydrogen-bond acceptors (Lipinski definition) is 4. The minimum absolute atomic E-state index is 0.113. The maximum absolute atomic E-state index is 14.3. The van der Waals surface area contributed by atoms with Crippen molar-refractivity contribution in [3.05, 3.63) is 122 Å². The smallest absolute Gasteiger partial charge is 0.322 e. The highest BCUT2D eigenvalue weighted by molar-refractivity contribution is 6.31. The van der Waals surface area contributed by atoms with Gasteiger partial charge in [0.25, 0.3) is 11.5 Å². The zero-order valence-corrected chi connectivity index (χ0v) is 22.2. The summed E-state index contributed by atoms with van der Waals surface area (Å²) in [6, 6.07) is 10.6. The number of H-pyrrole nitrogens is 1. The third-order valence-electron chi connectivity index (χ3n) is 7.14. The van der Waals surface area contributed by atoms with Crippen molar-refractivity contribution >= 4 is 28.8 Å². The molecular formula is C29H19ClF5N5O2. The highest BCUT2D eigenvalue weighted by atomic mass is 35.5. The maximum Gasteiger partial charge on any atom is 0.416 e. The van der Waals surface area contributed by atoms with Gasteiger partial charge in [-0.3, -0.25) is 20.0 Å². The summed E-state index contributed by atoms with van der Waals surface area (Å²) in [5.41, 5.74) is 0.210. The molecule has 5 aromatic rings. The van der Waals surface area contributed by atoms with Gasteiger partial charge in [-0.2, -0.15) is 17.7 Å². The van der Waals surface area contributed by atoms with E-state index in [4.69, 9.17) is 11.6 Å². The lowest BCUT2D eigenvalue weighted by Crippen LogP contribution is -2.19. The third kappa shape index (κ3) is 4.82. The van der Waals surface area contributed by atoms with Crippen LogP contribution in [0.5, 0.6) is 0 Å². The number of nitrogens with zero attached hydrogens (tertiary/aromatic N) is 2. The second-order valence-corrected chi connectivity index (χ2v) is 10.2. The molecule has 42 heavy (non-hydrogen) atoms. The van der Waals surface area contributed by atoms with Crippen LogP contribution in [0.2, 0.25) is 5.02 Å². The van der Waals surface area contributed by atoms with Gasteiger partial charge in [-0.05, 0) is 84.3 Å². The van der Waals surface area contributed by atoms with Gasteiger partial charge in [0.05, 0.1) is 11.6 Å². The number of rotatable bonds is 4. The predicted octanol–water partition coefficient (Wildman–Crippen LogP) is 6.65. The van der Waals surface area contributed by atoms with Gasteiger partial charge in [0, 0.05) is 33.4 Å². The van der Waals surface area contributed by atoms with Crippen molar-refractivity contribution in [1.29, 1.82) is 0 Å². The molecule has 3 heterocycles. The molecule has 0 spiro atoms. The highest BCUT2D eigenvalue weighted by Crippen LogP contribution is 2.45. The molecule has 0 bridgehead atoms. The summed E-state index contributed by atoms with van der Waals surface area (Å²) < 4.78 is 69.7. The molecule has 0 saturated heterocycles. The SMILES string of the molecule is CC1NC(c2cc(F)ccc2Cl)c2c(NC(=O)c3cc(F)cc(C(F)(F)F)c3)cc(-c3ccc4nc[nH]n4c3=O)cc21. The first-order valence-electron chi connectivity index (χ1n) is 12.5. The molecule has 3 N–H and O–H groups in total. The van der Waals surface area contributed by atoms with Gasteiger partial charge >= 0.3 is 6.18 Å². The number of carbonyl (C=O) groups excluding carboxylic acids is 1. The molecule has 0 aliphatic carbocycles. The quantitative estimate of drug-likeness (QED) is 0.202. The summed E-state index contributed by atoms with van der Waals surface area (Å²) in [6.45, 7) is 1.81. The van der Waals surface area contributed by atoms with Gasteiger partial charge < -0.3 is 5.32 Å². The van der Waals surface area contributed by atoms with E-state index in [1.54, 1.807) is 18.2 Å². The number of anilines is 1. The molecule has 0 fully saturated rings. The number of hydrogen-bond donors (Lipinski definition) is 3. The number of pyridine rings is 1. The van der Waals surface area contributed by atoms with Crippen LogP contribution in [-0.2, 0) is 6.18 Å². The zero-order chi connectivity index (χ0) is 29.9. The predicted molar refractivity (Wildman–Crippen MR) is 145 cm³/mol. The van der Waals surface area contributed by atoms with Crippen molar-refractivity contribution in [2.75, 3.05) is 5.32 Å². The van der Waals surface area contributed by atoms with Crippen LogP contribution in [0.4, 0.5) is 27.6 Å². The summed E-state index contributed by atoms with van der Waals surface area (Å²) in [4.78, 5) is 30.6. The lowest BCUT2D eigenvalue weighted by atomic mass is 9.91. The number of carbonyl (C=O) groups is 1. The molecule has 13 heteroatoms. The van der Waals surface area contributed by atoms with Crippen LogP contribution >= 0.6 is 11.6 Å². The second kappa shape index (κ2) is 10.1. The van der Waals surface area contributed by atoms with E-state index in [-0.39, 0.29) is 22.3 Å². The van der Waals surface area contributed by atoms with Crippen LogP contribution in [0, 0.1) is 11.6 Å². The molecule has 0 saturated carbocycles. The lowest BCUT2D eigenvalue weighted by Gasteiger charge is -2.20. The maximum atomic E-state index is 14.3. The van der Waals surface area contributed by atoms with E-state index in [9.17, 15) is 31.5 Å². The van der Waals surface area contributed by atoms with Crippen molar-refractivity contribution in [2.24, 2.45) is 0 Å². The van der Waals surface area contributed by atoms with Crippen molar-refractivity contribution in [3.8, 4) is 11.1 Å². The van der Waals surface area contributed by atoms with Crippen molar-refractivity contribution in [2.45, 2.75) is 25.2 Å². The fourth-order valence-electron chi connectivity index (χ4n) is 5.22. The normalized spacial score (nSPS) is 16.5. The number of aromatic amines is 1.